The van der Waals surface area contributed by atoms with E-state index in [0.29, 0.717) is 17.9 Å². The number of hydrogen-bond donors (Lipinski definition) is 1. The molecule has 0 bridgehead atoms. The Labute approximate surface area is 163 Å². The van der Waals surface area contributed by atoms with Crippen LogP contribution in [-0.4, -0.2) is 44.6 Å². The number of benzene rings is 2. The van der Waals surface area contributed by atoms with Crippen molar-refractivity contribution in [2.45, 2.75) is 6.42 Å². The molecule has 0 unspecified atom stereocenters. The molecule has 0 spiro atoms. The molecule has 3 aromatic rings. The summed E-state index contributed by atoms with van der Waals surface area (Å²) in [6.07, 6.45) is 0.877. The molecule has 0 saturated heterocycles. The van der Waals surface area contributed by atoms with Gasteiger partial charge in [-0.05, 0) is 50.3 Å². The molecule has 0 radical (unpaired) electrons. The topological polar surface area (TPSA) is 71.8 Å². The molecule has 2 aromatic carbocycles. The average molecular weight is 380 g/mol. The average Bonchev–Trinajstić information content (AvgIpc) is 2.69. The Kier molecular flexibility index (Phi) is 6.45. The third-order valence-electron chi connectivity index (χ3n) is 4.27. The Morgan fingerprint density at radius 3 is 2.64 bits per heavy atom. The number of rotatable bonds is 8. The van der Waals surface area contributed by atoms with E-state index in [2.05, 4.69) is 10.2 Å². The Morgan fingerprint density at radius 1 is 1.11 bits per heavy atom. The van der Waals surface area contributed by atoms with E-state index >= 15 is 0 Å². The van der Waals surface area contributed by atoms with Gasteiger partial charge in [-0.1, -0.05) is 30.3 Å². The van der Waals surface area contributed by atoms with Crippen LogP contribution in [0.5, 0.6) is 5.75 Å². The molecule has 1 heterocycles. The minimum atomic E-state index is -0.429. The maximum absolute atomic E-state index is 12.0. The minimum absolute atomic E-state index is 0.0872. The van der Waals surface area contributed by atoms with E-state index in [0.717, 1.165) is 29.5 Å². The summed E-state index contributed by atoms with van der Waals surface area (Å²) in [6, 6.07) is 16.4. The second-order valence-corrected chi connectivity index (χ2v) is 6.80. The van der Waals surface area contributed by atoms with Crippen LogP contribution in [0.3, 0.4) is 0 Å². The highest BCUT2D eigenvalue weighted by Gasteiger charge is 2.10. The first-order valence-corrected chi connectivity index (χ1v) is 9.20. The fourth-order valence-electron chi connectivity index (χ4n) is 2.91. The van der Waals surface area contributed by atoms with Crippen LogP contribution in [-0.2, 0) is 4.79 Å². The molecule has 28 heavy (non-hydrogen) atoms. The number of carbonyl (C=O) groups excluding carboxylic acids is 1. The molecule has 1 aromatic heterocycles. The van der Waals surface area contributed by atoms with E-state index in [1.165, 1.54) is 6.07 Å². The number of nitrogens with zero attached hydrogens (tertiary/aromatic N) is 1. The van der Waals surface area contributed by atoms with Crippen LogP contribution in [0.25, 0.3) is 22.1 Å². The van der Waals surface area contributed by atoms with E-state index in [4.69, 9.17) is 9.15 Å². The van der Waals surface area contributed by atoms with Crippen molar-refractivity contribution in [2.75, 3.05) is 33.8 Å². The Hall–Kier alpha value is -3.12. The van der Waals surface area contributed by atoms with E-state index in [1.54, 1.807) is 12.1 Å². The molecule has 0 aliphatic heterocycles. The summed E-state index contributed by atoms with van der Waals surface area (Å²) in [5.41, 5.74) is 1.74. The molecule has 1 N–H and O–H groups in total. The van der Waals surface area contributed by atoms with Crippen LogP contribution in [0.1, 0.15) is 6.42 Å². The molecule has 0 saturated carbocycles. The van der Waals surface area contributed by atoms with Gasteiger partial charge in [-0.15, -0.1) is 0 Å². The molecule has 0 atom stereocenters. The van der Waals surface area contributed by atoms with Crippen LogP contribution in [0.15, 0.2) is 63.8 Å². The molecule has 0 fully saturated rings. The Balaban J connectivity index is 1.69. The molecule has 3 rings (SSSR count). The first-order chi connectivity index (χ1) is 13.5. The number of fused-ring (bicyclic) bond motifs is 1. The fourth-order valence-corrected chi connectivity index (χ4v) is 2.91. The van der Waals surface area contributed by atoms with Gasteiger partial charge in [0.15, 0.2) is 6.61 Å². The van der Waals surface area contributed by atoms with Gasteiger partial charge in [-0.3, -0.25) is 4.79 Å². The highest BCUT2D eigenvalue weighted by molar-refractivity contribution is 5.93. The van der Waals surface area contributed by atoms with Crippen molar-refractivity contribution in [1.82, 2.24) is 10.2 Å². The zero-order chi connectivity index (χ0) is 19.9. The van der Waals surface area contributed by atoms with Crippen LogP contribution in [0.2, 0.25) is 0 Å². The monoisotopic (exact) mass is 380 g/mol. The number of nitrogens with one attached hydrogen (secondary N) is 1. The van der Waals surface area contributed by atoms with Gasteiger partial charge in [-0.25, -0.2) is 4.79 Å². The smallest absolute Gasteiger partial charge is 0.336 e. The van der Waals surface area contributed by atoms with Crippen molar-refractivity contribution < 1.29 is 13.9 Å². The molecular weight excluding hydrogens is 356 g/mol. The van der Waals surface area contributed by atoms with Crippen LogP contribution in [0.4, 0.5) is 0 Å². The highest BCUT2D eigenvalue weighted by atomic mass is 16.5. The summed E-state index contributed by atoms with van der Waals surface area (Å²) in [4.78, 5) is 25.9. The van der Waals surface area contributed by atoms with Gasteiger partial charge >= 0.3 is 5.63 Å². The molecule has 0 aliphatic rings. The molecular formula is C22H24N2O4. The van der Waals surface area contributed by atoms with E-state index in [1.807, 2.05) is 50.5 Å². The molecule has 0 aliphatic carbocycles. The first kappa shape index (κ1) is 19.6. The third-order valence-corrected chi connectivity index (χ3v) is 4.27. The van der Waals surface area contributed by atoms with E-state index in [-0.39, 0.29) is 12.5 Å². The van der Waals surface area contributed by atoms with Gasteiger partial charge in [-0.2, -0.15) is 0 Å². The number of amides is 1. The first-order valence-electron chi connectivity index (χ1n) is 9.20. The standard InChI is InChI=1S/C22H24N2O4/c1-24(2)12-6-11-23-21(25)15-27-17-9-10-18-19(16-7-4-3-5-8-16)14-22(26)28-20(18)13-17/h3-5,7-10,13-14H,6,11-12,15H2,1-2H3,(H,23,25). The van der Waals surface area contributed by atoms with E-state index < -0.39 is 5.63 Å². The van der Waals surface area contributed by atoms with Crippen molar-refractivity contribution in [3.05, 3.63) is 65.0 Å². The lowest BCUT2D eigenvalue weighted by atomic mass is 10.0. The van der Waals surface area contributed by atoms with Gasteiger partial charge in [0.05, 0.1) is 0 Å². The normalized spacial score (nSPS) is 11.0. The second-order valence-electron chi connectivity index (χ2n) is 6.80. The number of carbonyl (C=O) groups is 1. The predicted molar refractivity (Wildman–Crippen MR) is 110 cm³/mol. The number of ether oxygens (including phenoxy) is 1. The van der Waals surface area contributed by atoms with Gasteiger partial charge in [0.1, 0.15) is 11.3 Å². The predicted octanol–water partition coefficient (Wildman–Crippen LogP) is 2.91. The summed E-state index contributed by atoms with van der Waals surface area (Å²) >= 11 is 0. The Morgan fingerprint density at radius 2 is 1.89 bits per heavy atom. The largest absolute Gasteiger partial charge is 0.484 e. The third kappa shape index (κ3) is 5.20. The highest BCUT2D eigenvalue weighted by Crippen LogP contribution is 2.29. The van der Waals surface area contributed by atoms with Crippen molar-refractivity contribution in [3.63, 3.8) is 0 Å². The van der Waals surface area contributed by atoms with Gasteiger partial charge in [0.2, 0.25) is 0 Å². The maximum Gasteiger partial charge on any atom is 0.336 e. The molecule has 146 valence electrons. The molecule has 1 amide bonds. The van der Waals surface area contributed by atoms with Crippen molar-refractivity contribution >= 4 is 16.9 Å². The van der Waals surface area contributed by atoms with Crippen molar-refractivity contribution in [2.24, 2.45) is 0 Å². The zero-order valence-corrected chi connectivity index (χ0v) is 16.1. The Bertz CT molecular complexity index is 996. The summed E-state index contributed by atoms with van der Waals surface area (Å²) in [7, 11) is 3.98. The van der Waals surface area contributed by atoms with Crippen molar-refractivity contribution in [1.29, 1.82) is 0 Å². The maximum atomic E-state index is 12.0. The van der Waals surface area contributed by atoms with Gasteiger partial charge in [0.25, 0.3) is 5.91 Å². The molecule has 6 nitrogen and oxygen atoms in total. The van der Waals surface area contributed by atoms with Gasteiger partial charge in [0, 0.05) is 24.1 Å². The van der Waals surface area contributed by atoms with Gasteiger partial charge < -0.3 is 19.4 Å². The zero-order valence-electron chi connectivity index (χ0n) is 16.1. The van der Waals surface area contributed by atoms with Crippen LogP contribution < -0.4 is 15.7 Å². The molecule has 6 heteroatoms. The second kappa shape index (κ2) is 9.19. The number of hydrogen-bond acceptors (Lipinski definition) is 5. The van der Waals surface area contributed by atoms with Crippen molar-refractivity contribution in [3.8, 4) is 16.9 Å². The summed E-state index contributed by atoms with van der Waals surface area (Å²) in [6.45, 7) is 1.43. The summed E-state index contributed by atoms with van der Waals surface area (Å²) < 4.78 is 10.9. The minimum Gasteiger partial charge on any atom is -0.484 e. The fraction of sp³-hybridized carbons (Fsp3) is 0.273. The van der Waals surface area contributed by atoms with Crippen LogP contribution in [0, 0.1) is 0 Å². The lowest BCUT2D eigenvalue weighted by molar-refractivity contribution is -0.123. The lowest BCUT2D eigenvalue weighted by Crippen LogP contribution is -2.31. The summed E-state index contributed by atoms with van der Waals surface area (Å²) in [5.74, 6) is 0.294. The van der Waals surface area contributed by atoms with E-state index in [9.17, 15) is 9.59 Å². The lowest BCUT2D eigenvalue weighted by Gasteiger charge is -2.11. The summed E-state index contributed by atoms with van der Waals surface area (Å²) in [5, 5.41) is 3.63. The SMILES string of the molecule is CN(C)CCCNC(=O)COc1ccc2c(-c3ccccc3)cc(=O)oc2c1. The van der Waals surface area contributed by atoms with Crippen LogP contribution >= 0.6 is 0 Å². The quantitative estimate of drug-likeness (QED) is 0.481.